The maximum Gasteiger partial charge on any atom is 0.306 e. The first-order chi connectivity index (χ1) is 11.2. The lowest BCUT2D eigenvalue weighted by atomic mass is 9.98. The summed E-state index contributed by atoms with van der Waals surface area (Å²) in [5.41, 5.74) is 8.35. The fourth-order valence-electron chi connectivity index (χ4n) is 2.83. The van der Waals surface area contributed by atoms with Crippen LogP contribution in [0.2, 0.25) is 0 Å². The summed E-state index contributed by atoms with van der Waals surface area (Å²) in [5.74, 6) is -0.153. The van der Waals surface area contributed by atoms with Crippen molar-refractivity contribution in [2.24, 2.45) is 10.9 Å². The van der Waals surface area contributed by atoms with Gasteiger partial charge in [-0.1, -0.05) is 35.8 Å². The standard InChI is InChI=1S/C18H26N2O3/c1-22-20-17(15-9-7-14(13-19)8-10-15)11-12-18(21)23-16-5-3-2-4-6-16/h7-10,16H,2-6,11-13,19H2,1H3. The molecule has 0 saturated heterocycles. The van der Waals surface area contributed by atoms with E-state index in [1.807, 2.05) is 24.3 Å². The molecule has 1 saturated carbocycles. The molecule has 1 aromatic rings. The van der Waals surface area contributed by atoms with Gasteiger partial charge in [-0.05, 0) is 36.8 Å². The highest BCUT2D eigenvalue weighted by Crippen LogP contribution is 2.21. The minimum atomic E-state index is -0.153. The Morgan fingerprint density at radius 3 is 2.48 bits per heavy atom. The van der Waals surface area contributed by atoms with Gasteiger partial charge in [0.15, 0.2) is 0 Å². The van der Waals surface area contributed by atoms with Crippen molar-refractivity contribution < 1.29 is 14.4 Å². The van der Waals surface area contributed by atoms with Gasteiger partial charge in [0.1, 0.15) is 13.2 Å². The average Bonchev–Trinajstić information content (AvgIpc) is 2.59. The van der Waals surface area contributed by atoms with Crippen molar-refractivity contribution in [2.75, 3.05) is 7.11 Å². The topological polar surface area (TPSA) is 73.9 Å². The van der Waals surface area contributed by atoms with Gasteiger partial charge in [-0.2, -0.15) is 0 Å². The molecule has 1 aliphatic rings. The SMILES string of the molecule is CON=C(CCC(=O)OC1CCCCC1)c1ccc(CN)cc1. The number of carbonyl (C=O) groups excluding carboxylic acids is 1. The van der Waals surface area contributed by atoms with Crippen LogP contribution in [0.5, 0.6) is 0 Å². The van der Waals surface area contributed by atoms with Crippen LogP contribution in [0.3, 0.4) is 0 Å². The number of hydrogen-bond donors (Lipinski definition) is 1. The molecule has 0 unspecified atom stereocenters. The maximum atomic E-state index is 12.0. The third-order valence-corrected chi connectivity index (χ3v) is 4.14. The summed E-state index contributed by atoms with van der Waals surface area (Å²) in [6, 6.07) is 7.82. The van der Waals surface area contributed by atoms with Crippen LogP contribution < -0.4 is 5.73 Å². The van der Waals surface area contributed by atoms with Crippen LogP contribution in [0.1, 0.15) is 56.1 Å². The summed E-state index contributed by atoms with van der Waals surface area (Å²) < 4.78 is 5.54. The summed E-state index contributed by atoms with van der Waals surface area (Å²) in [5, 5.41) is 4.05. The van der Waals surface area contributed by atoms with E-state index in [4.69, 9.17) is 15.3 Å². The van der Waals surface area contributed by atoms with Crippen molar-refractivity contribution in [3.05, 3.63) is 35.4 Å². The first-order valence-corrected chi connectivity index (χ1v) is 8.32. The van der Waals surface area contributed by atoms with E-state index in [1.165, 1.54) is 13.5 Å². The quantitative estimate of drug-likeness (QED) is 0.476. The van der Waals surface area contributed by atoms with Crippen LogP contribution in [-0.2, 0) is 20.9 Å². The second-order valence-corrected chi connectivity index (χ2v) is 5.87. The first kappa shape index (κ1) is 17.5. The maximum absolute atomic E-state index is 12.0. The number of ether oxygens (including phenoxy) is 1. The molecule has 0 bridgehead atoms. The number of nitrogens with two attached hydrogens (primary N) is 1. The number of nitrogens with zero attached hydrogens (tertiary/aromatic N) is 1. The number of esters is 1. The highest BCUT2D eigenvalue weighted by Gasteiger charge is 2.18. The second-order valence-electron chi connectivity index (χ2n) is 5.87. The fraction of sp³-hybridized carbons (Fsp3) is 0.556. The van der Waals surface area contributed by atoms with Gasteiger partial charge in [-0.25, -0.2) is 0 Å². The second kappa shape index (κ2) is 9.30. The highest BCUT2D eigenvalue weighted by atomic mass is 16.6. The van der Waals surface area contributed by atoms with Gasteiger partial charge in [0.05, 0.1) is 12.1 Å². The molecule has 0 heterocycles. The van der Waals surface area contributed by atoms with E-state index < -0.39 is 0 Å². The van der Waals surface area contributed by atoms with Crippen molar-refractivity contribution in [3.63, 3.8) is 0 Å². The lowest BCUT2D eigenvalue weighted by molar-refractivity contribution is -0.150. The van der Waals surface area contributed by atoms with Gasteiger partial charge < -0.3 is 15.3 Å². The Bertz CT molecular complexity index is 520. The molecule has 1 aromatic carbocycles. The Labute approximate surface area is 137 Å². The van der Waals surface area contributed by atoms with Crippen LogP contribution in [0, 0.1) is 0 Å². The predicted molar refractivity (Wildman–Crippen MR) is 90.1 cm³/mol. The Hall–Kier alpha value is -1.88. The number of rotatable bonds is 7. The Morgan fingerprint density at radius 1 is 1.17 bits per heavy atom. The molecule has 2 rings (SSSR count). The van der Waals surface area contributed by atoms with Gasteiger partial charge >= 0.3 is 5.97 Å². The molecule has 0 radical (unpaired) electrons. The zero-order valence-corrected chi connectivity index (χ0v) is 13.8. The van der Waals surface area contributed by atoms with Crippen molar-refractivity contribution in [1.82, 2.24) is 0 Å². The van der Waals surface area contributed by atoms with Crippen molar-refractivity contribution >= 4 is 11.7 Å². The van der Waals surface area contributed by atoms with Gasteiger partial charge in [-0.15, -0.1) is 0 Å². The molecule has 1 aliphatic carbocycles. The summed E-state index contributed by atoms with van der Waals surface area (Å²) in [6.45, 7) is 0.505. The van der Waals surface area contributed by atoms with Gasteiger partial charge in [0, 0.05) is 13.0 Å². The predicted octanol–water partition coefficient (Wildman–Crippen LogP) is 3.15. The first-order valence-electron chi connectivity index (χ1n) is 8.32. The molecular formula is C18H26N2O3. The molecule has 0 aromatic heterocycles. The third kappa shape index (κ3) is 5.67. The normalized spacial score (nSPS) is 16.2. The lowest BCUT2D eigenvalue weighted by Gasteiger charge is -2.21. The third-order valence-electron chi connectivity index (χ3n) is 4.14. The number of hydrogen-bond acceptors (Lipinski definition) is 5. The summed E-state index contributed by atoms with van der Waals surface area (Å²) in [6.07, 6.45) is 6.46. The van der Waals surface area contributed by atoms with Crippen LogP contribution >= 0.6 is 0 Å². The minimum Gasteiger partial charge on any atom is -0.462 e. The molecule has 0 amide bonds. The van der Waals surface area contributed by atoms with Crippen molar-refractivity contribution in [1.29, 1.82) is 0 Å². The van der Waals surface area contributed by atoms with E-state index in [9.17, 15) is 4.79 Å². The molecule has 23 heavy (non-hydrogen) atoms. The number of oxime groups is 1. The van der Waals surface area contributed by atoms with E-state index in [1.54, 1.807) is 0 Å². The molecule has 1 fully saturated rings. The Kier molecular flexibility index (Phi) is 7.07. The molecular weight excluding hydrogens is 292 g/mol. The van der Waals surface area contributed by atoms with E-state index in [0.29, 0.717) is 19.4 Å². The summed E-state index contributed by atoms with van der Waals surface area (Å²) >= 11 is 0. The van der Waals surface area contributed by atoms with E-state index in [2.05, 4.69) is 5.16 Å². The van der Waals surface area contributed by atoms with Crippen LogP contribution in [0.25, 0.3) is 0 Å². The van der Waals surface area contributed by atoms with Crippen LogP contribution in [-0.4, -0.2) is 24.9 Å². The zero-order chi connectivity index (χ0) is 16.5. The van der Waals surface area contributed by atoms with Crippen LogP contribution in [0.4, 0.5) is 0 Å². The van der Waals surface area contributed by atoms with Crippen molar-refractivity contribution in [3.8, 4) is 0 Å². The monoisotopic (exact) mass is 318 g/mol. The largest absolute Gasteiger partial charge is 0.462 e. The molecule has 5 nitrogen and oxygen atoms in total. The molecule has 0 aliphatic heterocycles. The lowest BCUT2D eigenvalue weighted by Crippen LogP contribution is -2.21. The molecule has 126 valence electrons. The van der Waals surface area contributed by atoms with E-state index >= 15 is 0 Å². The smallest absolute Gasteiger partial charge is 0.306 e. The van der Waals surface area contributed by atoms with E-state index in [0.717, 1.165) is 42.5 Å². The Morgan fingerprint density at radius 2 is 1.87 bits per heavy atom. The van der Waals surface area contributed by atoms with Gasteiger partial charge in [-0.3, -0.25) is 4.79 Å². The summed E-state index contributed by atoms with van der Waals surface area (Å²) in [7, 11) is 1.51. The molecule has 2 N–H and O–H groups in total. The number of benzene rings is 1. The molecule has 0 atom stereocenters. The number of carbonyl (C=O) groups is 1. The Balaban J connectivity index is 1.88. The molecule has 5 heteroatoms. The minimum absolute atomic E-state index is 0.0999. The zero-order valence-electron chi connectivity index (χ0n) is 13.8. The highest BCUT2D eigenvalue weighted by molar-refractivity contribution is 6.01. The van der Waals surface area contributed by atoms with Crippen molar-refractivity contribution in [2.45, 2.75) is 57.6 Å². The molecule has 0 spiro atoms. The average molecular weight is 318 g/mol. The van der Waals surface area contributed by atoms with E-state index in [-0.39, 0.29) is 12.1 Å². The summed E-state index contributed by atoms with van der Waals surface area (Å²) in [4.78, 5) is 16.9. The fourth-order valence-corrected chi connectivity index (χ4v) is 2.83. The van der Waals surface area contributed by atoms with Crippen LogP contribution in [0.15, 0.2) is 29.4 Å². The van der Waals surface area contributed by atoms with Gasteiger partial charge in [0.2, 0.25) is 0 Å². The van der Waals surface area contributed by atoms with Gasteiger partial charge in [0.25, 0.3) is 0 Å².